The van der Waals surface area contributed by atoms with Crippen LogP contribution in [0.1, 0.15) is 38.2 Å². The smallest absolute Gasteiger partial charge is 0.310 e. The lowest BCUT2D eigenvalue weighted by Gasteiger charge is -2.11. The van der Waals surface area contributed by atoms with Crippen molar-refractivity contribution in [1.82, 2.24) is 5.43 Å². The van der Waals surface area contributed by atoms with Crippen LogP contribution < -0.4 is 19.6 Å². The molecule has 166 valence electrons. The van der Waals surface area contributed by atoms with Gasteiger partial charge in [0.1, 0.15) is 0 Å². The van der Waals surface area contributed by atoms with E-state index in [9.17, 15) is 14.9 Å². The number of unbranched alkanes of at least 4 members (excludes halogenated alkanes) is 3. The van der Waals surface area contributed by atoms with Crippen molar-refractivity contribution < 1.29 is 23.9 Å². The van der Waals surface area contributed by atoms with Gasteiger partial charge in [-0.2, -0.15) is 5.10 Å². The monoisotopic (exact) mass is 429 g/mol. The molecule has 0 atom stereocenters. The molecule has 0 radical (unpaired) electrons. The minimum Gasteiger partial charge on any atom is -0.493 e. The molecule has 2 aromatic rings. The highest BCUT2D eigenvalue weighted by Gasteiger charge is 2.14. The summed E-state index contributed by atoms with van der Waals surface area (Å²) in [4.78, 5) is 22.3. The number of carbonyl (C=O) groups is 1. The Balaban J connectivity index is 1.85. The van der Waals surface area contributed by atoms with Crippen LogP contribution in [-0.4, -0.2) is 37.4 Å². The number of hydrogen-bond donors (Lipinski definition) is 1. The number of methoxy groups -OCH3 is 1. The maximum atomic E-state index is 11.9. The number of nitrogens with one attached hydrogen (secondary N) is 1. The first-order valence-corrected chi connectivity index (χ1v) is 10.0. The zero-order valence-corrected chi connectivity index (χ0v) is 17.7. The minimum absolute atomic E-state index is 0.0154. The summed E-state index contributed by atoms with van der Waals surface area (Å²) >= 11 is 0. The highest BCUT2D eigenvalue weighted by atomic mass is 16.6. The fourth-order valence-electron chi connectivity index (χ4n) is 2.68. The molecular formula is C22H27N3O6. The number of hydrogen-bond acceptors (Lipinski definition) is 7. The van der Waals surface area contributed by atoms with Crippen LogP contribution in [0.25, 0.3) is 0 Å². The standard InChI is InChI=1S/C22H27N3O6/c1-3-4-5-8-13-30-20-12-11-17(14-21(20)29-2)15-23-24-22(26)16-31-19-10-7-6-9-18(19)25(27)28/h6-7,9-12,14-15H,3-5,8,13,16H2,1-2H3,(H,24,26). The molecule has 0 aliphatic heterocycles. The van der Waals surface area contributed by atoms with E-state index in [0.29, 0.717) is 23.7 Å². The summed E-state index contributed by atoms with van der Waals surface area (Å²) in [5.41, 5.74) is 2.81. The molecule has 0 aliphatic carbocycles. The molecule has 31 heavy (non-hydrogen) atoms. The number of amides is 1. The van der Waals surface area contributed by atoms with Crippen molar-refractivity contribution in [2.45, 2.75) is 32.6 Å². The Kier molecular flexibility index (Phi) is 9.80. The Bertz CT molecular complexity index is 901. The van der Waals surface area contributed by atoms with Gasteiger partial charge in [-0.15, -0.1) is 0 Å². The minimum atomic E-state index is -0.572. The summed E-state index contributed by atoms with van der Waals surface area (Å²) < 4.78 is 16.3. The predicted molar refractivity (Wildman–Crippen MR) is 117 cm³/mol. The molecule has 0 unspecified atom stereocenters. The van der Waals surface area contributed by atoms with Crippen molar-refractivity contribution >= 4 is 17.8 Å². The molecule has 2 rings (SSSR count). The van der Waals surface area contributed by atoms with E-state index in [1.807, 2.05) is 0 Å². The normalized spacial score (nSPS) is 10.6. The second-order valence-electron chi connectivity index (χ2n) is 6.63. The molecule has 0 bridgehead atoms. The van der Waals surface area contributed by atoms with Crippen LogP contribution in [0.5, 0.6) is 17.2 Å². The van der Waals surface area contributed by atoms with Gasteiger partial charge in [-0.25, -0.2) is 5.43 Å². The van der Waals surface area contributed by atoms with E-state index in [2.05, 4.69) is 17.5 Å². The summed E-state index contributed by atoms with van der Waals surface area (Å²) in [6.45, 7) is 2.38. The van der Waals surface area contributed by atoms with Crippen molar-refractivity contribution in [3.05, 3.63) is 58.1 Å². The summed E-state index contributed by atoms with van der Waals surface area (Å²) in [5.74, 6) is 0.693. The molecule has 1 N–H and O–H groups in total. The fourth-order valence-corrected chi connectivity index (χ4v) is 2.68. The van der Waals surface area contributed by atoms with Crippen LogP contribution in [-0.2, 0) is 4.79 Å². The molecule has 9 heteroatoms. The van der Waals surface area contributed by atoms with Crippen molar-refractivity contribution in [3.8, 4) is 17.2 Å². The molecule has 0 aromatic heterocycles. The molecule has 0 fully saturated rings. The van der Waals surface area contributed by atoms with E-state index in [0.717, 1.165) is 12.8 Å². The van der Waals surface area contributed by atoms with Gasteiger partial charge in [0.05, 0.1) is 24.9 Å². The third-order valence-corrected chi connectivity index (χ3v) is 4.27. The van der Waals surface area contributed by atoms with E-state index in [1.165, 1.54) is 37.3 Å². The second-order valence-corrected chi connectivity index (χ2v) is 6.63. The number of rotatable bonds is 13. The Hall–Kier alpha value is -3.62. The topological polar surface area (TPSA) is 112 Å². The van der Waals surface area contributed by atoms with E-state index >= 15 is 0 Å². The summed E-state index contributed by atoms with van der Waals surface area (Å²) in [6.07, 6.45) is 5.93. The maximum absolute atomic E-state index is 11.9. The van der Waals surface area contributed by atoms with Gasteiger partial charge >= 0.3 is 5.69 Å². The average molecular weight is 429 g/mol. The van der Waals surface area contributed by atoms with Gasteiger partial charge in [-0.1, -0.05) is 38.3 Å². The fraction of sp³-hybridized carbons (Fsp3) is 0.364. The van der Waals surface area contributed by atoms with Gasteiger partial charge in [-0.3, -0.25) is 14.9 Å². The largest absolute Gasteiger partial charge is 0.493 e. The van der Waals surface area contributed by atoms with E-state index in [1.54, 1.807) is 31.4 Å². The van der Waals surface area contributed by atoms with E-state index in [4.69, 9.17) is 14.2 Å². The predicted octanol–water partition coefficient (Wildman–Crippen LogP) is 4.09. The zero-order valence-electron chi connectivity index (χ0n) is 17.7. The quantitative estimate of drug-likeness (QED) is 0.222. The third-order valence-electron chi connectivity index (χ3n) is 4.27. The van der Waals surface area contributed by atoms with Gasteiger partial charge < -0.3 is 14.2 Å². The second kappa shape index (κ2) is 12.8. The molecule has 0 saturated carbocycles. The Morgan fingerprint density at radius 3 is 2.65 bits per heavy atom. The van der Waals surface area contributed by atoms with Crippen LogP contribution in [0, 0.1) is 10.1 Å². The van der Waals surface area contributed by atoms with Crippen LogP contribution in [0.2, 0.25) is 0 Å². The van der Waals surface area contributed by atoms with Crippen LogP contribution in [0.15, 0.2) is 47.6 Å². The number of nitro benzene ring substituents is 1. The highest BCUT2D eigenvalue weighted by Crippen LogP contribution is 2.28. The Morgan fingerprint density at radius 1 is 1.10 bits per heavy atom. The highest BCUT2D eigenvalue weighted by molar-refractivity contribution is 5.83. The van der Waals surface area contributed by atoms with Crippen molar-refractivity contribution in [2.24, 2.45) is 5.10 Å². The van der Waals surface area contributed by atoms with E-state index in [-0.39, 0.29) is 11.4 Å². The van der Waals surface area contributed by atoms with Crippen molar-refractivity contribution in [1.29, 1.82) is 0 Å². The lowest BCUT2D eigenvalue weighted by molar-refractivity contribution is -0.385. The van der Waals surface area contributed by atoms with Crippen LogP contribution >= 0.6 is 0 Å². The summed E-state index contributed by atoms with van der Waals surface area (Å²) in [7, 11) is 1.56. The van der Waals surface area contributed by atoms with Crippen LogP contribution in [0.3, 0.4) is 0 Å². The third kappa shape index (κ3) is 7.96. The number of benzene rings is 2. The molecule has 9 nitrogen and oxygen atoms in total. The number of hydrazone groups is 1. The lowest BCUT2D eigenvalue weighted by Crippen LogP contribution is -2.24. The molecule has 0 saturated heterocycles. The first-order chi connectivity index (χ1) is 15.0. The average Bonchev–Trinajstić information content (AvgIpc) is 2.78. The lowest BCUT2D eigenvalue weighted by atomic mass is 10.2. The Morgan fingerprint density at radius 2 is 1.90 bits per heavy atom. The van der Waals surface area contributed by atoms with Crippen molar-refractivity contribution in [2.75, 3.05) is 20.3 Å². The summed E-state index contributed by atoms with van der Waals surface area (Å²) in [5, 5.41) is 14.8. The van der Waals surface area contributed by atoms with Gasteiger partial charge in [0.15, 0.2) is 23.9 Å². The molecule has 2 aromatic carbocycles. The van der Waals surface area contributed by atoms with Gasteiger partial charge in [-0.05, 0) is 36.2 Å². The number of carbonyl (C=O) groups excluding carboxylic acids is 1. The Labute approximate surface area is 181 Å². The SMILES string of the molecule is CCCCCCOc1ccc(C=NNC(=O)COc2ccccc2[N+](=O)[O-])cc1OC. The number of para-hydroxylation sites is 2. The van der Waals surface area contributed by atoms with Crippen LogP contribution in [0.4, 0.5) is 5.69 Å². The number of ether oxygens (including phenoxy) is 3. The maximum Gasteiger partial charge on any atom is 0.310 e. The first-order valence-electron chi connectivity index (χ1n) is 10.0. The van der Waals surface area contributed by atoms with Gasteiger partial charge in [0.2, 0.25) is 0 Å². The molecular weight excluding hydrogens is 402 g/mol. The molecule has 0 heterocycles. The first kappa shape index (κ1) is 23.7. The van der Waals surface area contributed by atoms with Gasteiger partial charge in [0, 0.05) is 6.07 Å². The van der Waals surface area contributed by atoms with E-state index < -0.39 is 17.4 Å². The summed E-state index contributed by atoms with van der Waals surface area (Å²) in [6, 6.07) is 11.2. The molecule has 0 aliphatic rings. The molecule has 1 amide bonds. The number of nitrogens with zero attached hydrogens (tertiary/aromatic N) is 2. The zero-order chi connectivity index (χ0) is 22.5. The number of nitro groups is 1. The van der Waals surface area contributed by atoms with Gasteiger partial charge in [0.25, 0.3) is 5.91 Å². The van der Waals surface area contributed by atoms with Crippen molar-refractivity contribution in [3.63, 3.8) is 0 Å². The molecule has 0 spiro atoms.